The Morgan fingerprint density at radius 2 is 1.12 bits per heavy atom. The summed E-state index contributed by atoms with van der Waals surface area (Å²) in [7, 11) is 6.11. The maximum atomic E-state index is 13.8. The number of pyridine rings is 4. The Morgan fingerprint density at radius 1 is 0.662 bits per heavy atom. The number of nitrogens with two attached hydrogens (primary N) is 2. The largest absolute Gasteiger partial charge is 0.479 e. The van der Waals surface area contributed by atoms with Crippen molar-refractivity contribution in [3.05, 3.63) is 184 Å². The van der Waals surface area contributed by atoms with Gasteiger partial charge in [0.1, 0.15) is 33.5 Å². The van der Waals surface area contributed by atoms with Gasteiger partial charge in [-0.15, -0.1) is 0 Å². The fourth-order valence-electron chi connectivity index (χ4n) is 7.74. The Hall–Kier alpha value is -7.24. The van der Waals surface area contributed by atoms with Gasteiger partial charge in [0.15, 0.2) is 0 Å². The van der Waals surface area contributed by atoms with Crippen molar-refractivity contribution >= 4 is 92.4 Å². The number of ether oxygens (including phenoxy) is 2. The van der Waals surface area contributed by atoms with Crippen LogP contribution in [0.25, 0.3) is 0 Å². The Labute approximate surface area is 410 Å². The van der Waals surface area contributed by atoms with Crippen LogP contribution in [0.15, 0.2) is 152 Å². The van der Waals surface area contributed by atoms with Crippen molar-refractivity contribution in [3.8, 4) is 11.8 Å². The predicted molar refractivity (Wildman–Crippen MR) is 266 cm³/mol. The molecule has 4 N–H and O–H groups in total. The van der Waals surface area contributed by atoms with Crippen LogP contribution in [-0.2, 0) is 23.7 Å². The SMILES string of the molecule is COc1ncccc1N=C(C)C1=C(N)C(c2ccc(Cl)cc2)N(c2cc(Cl)c(=O)n(C)c2)C1=O.COc1ncccc1N=C1C(=C(C)N)C(=O)N(c2cc(Cl)c(=O)n(C)c2)C1c1ccc(Cl)cc1. The highest BCUT2D eigenvalue weighted by Crippen LogP contribution is 2.43. The van der Waals surface area contributed by atoms with Crippen molar-refractivity contribution < 1.29 is 19.1 Å². The van der Waals surface area contributed by atoms with Crippen molar-refractivity contribution in [1.29, 1.82) is 0 Å². The van der Waals surface area contributed by atoms with Crippen LogP contribution in [0.5, 0.6) is 11.8 Å². The summed E-state index contributed by atoms with van der Waals surface area (Å²) >= 11 is 24.5. The van der Waals surface area contributed by atoms with Gasteiger partial charge in [-0.1, -0.05) is 70.7 Å². The molecular weight excluding hydrogens is 954 g/mol. The molecule has 6 heterocycles. The van der Waals surface area contributed by atoms with E-state index in [1.54, 1.807) is 113 Å². The lowest BCUT2D eigenvalue weighted by molar-refractivity contribution is -0.115. The molecule has 2 aromatic carbocycles. The van der Waals surface area contributed by atoms with Crippen LogP contribution in [0, 0.1) is 0 Å². The van der Waals surface area contributed by atoms with Crippen LogP contribution in [0.4, 0.5) is 22.7 Å². The number of methoxy groups -OCH3 is 2. The summed E-state index contributed by atoms with van der Waals surface area (Å²) in [4.78, 5) is 72.6. The Balaban J connectivity index is 0.000000201. The Morgan fingerprint density at radius 3 is 1.59 bits per heavy atom. The number of halogens is 4. The van der Waals surface area contributed by atoms with Gasteiger partial charge in [0.2, 0.25) is 11.8 Å². The van der Waals surface area contributed by atoms with E-state index in [0.717, 1.165) is 11.1 Å². The van der Waals surface area contributed by atoms with Crippen molar-refractivity contribution in [2.75, 3.05) is 24.0 Å². The molecule has 2 amide bonds. The van der Waals surface area contributed by atoms with E-state index in [2.05, 4.69) is 15.0 Å². The molecule has 348 valence electrons. The van der Waals surface area contributed by atoms with Gasteiger partial charge in [0.25, 0.3) is 22.9 Å². The van der Waals surface area contributed by atoms with Crippen LogP contribution >= 0.6 is 46.4 Å². The molecule has 2 aliphatic heterocycles. The molecule has 1 saturated heterocycles. The molecule has 0 bridgehead atoms. The third-order valence-corrected chi connectivity index (χ3v) is 11.9. The number of carbonyl (C=O) groups is 2. The van der Waals surface area contributed by atoms with E-state index in [1.807, 2.05) is 12.1 Å². The van der Waals surface area contributed by atoms with E-state index >= 15 is 0 Å². The molecule has 2 atom stereocenters. The number of carbonyl (C=O) groups excluding carboxylic acids is 2. The summed E-state index contributed by atoms with van der Waals surface area (Å²) in [6, 6.07) is 22.6. The fourth-order valence-corrected chi connectivity index (χ4v) is 8.48. The summed E-state index contributed by atoms with van der Waals surface area (Å²) < 4.78 is 13.3. The standard InChI is InChI=1S/2C24H21Cl2N5O3/c1-13(29-18-5-4-10-28-22(18)34-3)19-20(27)21(14-6-8-15(25)9-7-14)31(24(19)33)16-11-17(26)23(32)30(2)12-16;1-13(27)19-20(29-18-5-4-10-28-22(18)34-3)21(14-6-8-15(25)9-7-14)31(24(19)33)16-11-17(26)23(32)30(2)12-16/h2*4-12,21H,27H2,1-3H3. The summed E-state index contributed by atoms with van der Waals surface area (Å²) in [5.74, 6) is -0.134. The van der Waals surface area contributed by atoms with Crippen molar-refractivity contribution in [3.63, 3.8) is 0 Å². The molecular formula is C48H42Cl4N10O6. The molecule has 2 aliphatic rings. The van der Waals surface area contributed by atoms with E-state index in [-0.39, 0.29) is 44.1 Å². The summed E-state index contributed by atoms with van der Waals surface area (Å²) in [5, 5.41) is 1.06. The number of amides is 2. The number of anilines is 2. The molecule has 8 rings (SSSR count). The van der Waals surface area contributed by atoms with Gasteiger partial charge in [-0.3, -0.25) is 29.0 Å². The second kappa shape index (κ2) is 20.3. The minimum atomic E-state index is -0.684. The van der Waals surface area contributed by atoms with Gasteiger partial charge in [0, 0.05) is 54.6 Å². The molecule has 6 aromatic rings. The van der Waals surface area contributed by atoms with Crippen molar-refractivity contribution in [1.82, 2.24) is 19.1 Å². The first kappa shape index (κ1) is 48.7. The van der Waals surface area contributed by atoms with Crippen LogP contribution < -0.4 is 41.9 Å². The van der Waals surface area contributed by atoms with E-state index < -0.39 is 12.1 Å². The number of aliphatic imine (C=N–C) groups is 2. The van der Waals surface area contributed by atoms with Gasteiger partial charge < -0.3 is 30.1 Å². The third kappa shape index (κ3) is 9.62. The fraction of sp³-hybridized carbons (Fsp3) is 0.167. The smallest absolute Gasteiger partial charge is 0.269 e. The Kier molecular flexibility index (Phi) is 14.6. The number of aromatic nitrogens is 4. The number of rotatable bonds is 9. The van der Waals surface area contributed by atoms with E-state index in [9.17, 15) is 19.2 Å². The monoisotopic (exact) mass is 994 g/mol. The summed E-state index contributed by atoms with van der Waals surface area (Å²) in [5.41, 5.74) is 17.1. The minimum absolute atomic E-state index is 0.0137. The summed E-state index contributed by atoms with van der Waals surface area (Å²) in [6.45, 7) is 3.34. The van der Waals surface area contributed by atoms with Crippen LogP contribution in [0.3, 0.4) is 0 Å². The molecule has 0 radical (unpaired) electrons. The highest BCUT2D eigenvalue weighted by atomic mass is 35.5. The zero-order valence-corrected chi connectivity index (χ0v) is 40.3. The molecule has 20 heteroatoms. The molecule has 16 nitrogen and oxygen atoms in total. The van der Waals surface area contributed by atoms with Crippen molar-refractivity contribution in [2.45, 2.75) is 25.9 Å². The first-order valence-electron chi connectivity index (χ1n) is 20.4. The number of hydrogen-bond donors (Lipinski definition) is 2. The first-order valence-corrected chi connectivity index (χ1v) is 22.0. The molecule has 1 fully saturated rings. The molecule has 0 aliphatic carbocycles. The molecule has 2 unspecified atom stereocenters. The van der Waals surface area contributed by atoms with Crippen molar-refractivity contribution in [2.24, 2.45) is 35.5 Å². The van der Waals surface area contributed by atoms with Gasteiger partial charge >= 0.3 is 0 Å². The molecule has 0 spiro atoms. The average Bonchev–Trinajstić information content (AvgIpc) is 3.75. The maximum absolute atomic E-state index is 13.8. The summed E-state index contributed by atoms with van der Waals surface area (Å²) in [6.07, 6.45) is 6.26. The minimum Gasteiger partial charge on any atom is -0.479 e. The molecule has 4 aromatic heterocycles. The van der Waals surface area contributed by atoms with Gasteiger partial charge in [-0.05, 0) is 85.6 Å². The number of hydrogen-bond acceptors (Lipinski definition) is 12. The maximum Gasteiger partial charge on any atom is 0.269 e. The van der Waals surface area contributed by atoms with E-state index in [4.69, 9.17) is 72.3 Å². The number of allylic oxidation sites excluding steroid dienone is 1. The van der Waals surface area contributed by atoms with Crippen LogP contribution in [-0.4, -0.2) is 56.6 Å². The average molecular weight is 997 g/mol. The predicted octanol–water partition coefficient (Wildman–Crippen LogP) is 8.38. The topological polar surface area (TPSA) is 206 Å². The quantitative estimate of drug-likeness (QED) is 0.105. The van der Waals surface area contributed by atoms with Crippen LogP contribution in [0.1, 0.15) is 37.1 Å². The van der Waals surface area contributed by atoms with E-state index in [0.29, 0.717) is 67.4 Å². The number of nitrogens with zero attached hydrogens (tertiary/aromatic N) is 8. The zero-order valence-electron chi connectivity index (χ0n) is 37.2. The normalized spacial score (nSPS) is 17.4. The lowest BCUT2D eigenvalue weighted by atomic mass is 9.99. The second-order valence-electron chi connectivity index (χ2n) is 15.3. The number of benzene rings is 2. The molecule has 0 saturated carbocycles. The van der Waals surface area contributed by atoms with Gasteiger partial charge in [0.05, 0.1) is 53.9 Å². The second-order valence-corrected chi connectivity index (χ2v) is 17.0. The number of aryl methyl sites for hydroxylation is 2. The first-order chi connectivity index (χ1) is 32.4. The van der Waals surface area contributed by atoms with Gasteiger partial charge in [-0.25, -0.2) is 20.0 Å². The highest BCUT2D eigenvalue weighted by Gasteiger charge is 2.45. The highest BCUT2D eigenvalue weighted by molar-refractivity contribution is 6.37. The van der Waals surface area contributed by atoms with Crippen LogP contribution in [0.2, 0.25) is 20.1 Å². The lowest BCUT2D eigenvalue weighted by Crippen LogP contribution is -2.33. The third-order valence-electron chi connectivity index (χ3n) is 10.8. The van der Waals surface area contributed by atoms with Gasteiger partial charge in [-0.2, -0.15) is 0 Å². The molecule has 68 heavy (non-hydrogen) atoms. The lowest BCUT2D eigenvalue weighted by Gasteiger charge is -2.27. The Bertz CT molecular complexity index is 3170. The van der Waals surface area contributed by atoms with E-state index in [1.165, 1.54) is 45.3 Å². The zero-order chi connectivity index (χ0) is 49.1.